The number of ether oxygens (including phenoxy) is 1. The minimum atomic E-state index is -4.61. The molecule has 1 N–H and O–H groups in total. The Hall–Kier alpha value is -2.82. The van der Waals surface area contributed by atoms with E-state index in [0.29, 0.717) is 11.4 Å². The van der Waals surface area contributed by atoms with E-state index in [-0.39, 0.29) is 17.1 Å². The molecule has 7 nitrogen and oxygen atoms in total. The maximum Gasteiger partial charge on any atom is 0.436 e. The van der Waals surface area contributed by atoms with E-state index in [4.69, 9.17) is 4.74 Å². The van der Waals surface area contributed by atoms with E-state index < -0.39 is 23.8 Å². The van der Waals surface area contributed by atoms with Crippen LogP contribution in [0, 0.1) is 13.8 Å². The number of hydrogen-bond donors (Lipinski definition) is 1. The van der Waals surface area contributed by atoms with Gasteiger partial charge in [-0.05, 0) is 61.2 Å². The third kappa shape index (κ3) is 5.07. The Kier molecular flexibility index (Phi) is 6.26. The smallest absolute Gasteiger partial charge is 0.436 e. The predicted octanol–water partition coefficient (Wildman–Crippen LogP) is 5.59. The van der Waals surface area contributed by atoms with Crippen LogP contribution in [0.5, 0.6) is 5.75 Å². The van der Waals surface area contributed by atoms with Crippen LogP contribution in [-0.2, 0) is 17.7 Å². The van der Waals surface area contributed by atoms with Gasteiger partial charge in [-0.25, -0.2) is 4.68 Å². The second kappa shape index (κ2) is 8.85. The van der Waals surface area contributed by atoms with Crippen molar-refractivity contribution in [1.29, 1.82) is 0 Å². The van der Waals surface area contributed by atoms with Gasteiger partial charge in [0.2, 0.25) is 5.91 Å². The van der Waals surface area contributed by atoms with Crippen LogP contribution < -0.4 is 10.1 Å². The average molecular weight is 526 g/mol. The first-order valence-electron chi connectivity index (χ1n) is 10.4. The van der Waals surface area contributed by atoms with E-state index in [1.54, 1.807) is 6.20 Å². The summed E-state index contributed by atoms with van der Waals surface area (Å²) in [6.07, 6.45) is -0.0266. The van der Waals surface area contributed by atoms with Crippen LogP contribution in [0.15, 0.2) is 35.1 Å². The van der Waals surface area contributed by atoms with Crippen LogP contribution in [0.1, 0.15) is 54.2 Å². The zero-order chi connectivity index (χ0) is 23.9. The van der Waals surface area contributed by atoms with E-state index >= 15 is 0 Å². The summed E-state index contributed by atoms with van der Waals surface area (Å²) in [4.78, 5) is 12.8. The van der Waals surface area contributed by atoms with E-state index in [1.165, 1.54) is 22.5 Å². The lowest BCUT2D eigenvalue weighted by molar-refractivity contribution is -0.142. The van der Waals surface area contributed by atoms with Gasteiger partial charge in [0.15, 0.2) is 12.4 Å². The van der Waals surface area contributed by atoms with E-state index in [2.05, 4.69) is 31.4 Å². The summed E-state index contributed by atoms with van der Waals surface area (Å²) >= 11 is 3.05. The molecule has 1 aromatic carbocycles. The summed E-state index contributed by atoms with van der Waals surface area (Å²) in [5.74, 6) is 0.200. The van der Waals surface area contributed by atoms with Gasteiger partial charge in [0, 0.05) is 5.92 Å². The Labute approximate surface area is 197 Å². The largest absolute Gasteiger partial charge is 0.471 e. The maximum absolute atomic E-state index is 13.4. The van der Waals surface area contributed by atoms with E-state index in [0.717, 1.165) is 29.7 Å². The average Bonchev–Trinajstić information content (AvgIpc) is 3.36. The predicted molar refractivity (Wildman–Crippen MR) is 119 cm³/mol. The topological polar surface area (TPSA) is 74.0 Å². The van der Waals surface area contributed by atoms with Crippen molar-refractivity contribution in [3.63, 3.8) is 0 Å². The molecule has 11 heteroatoms. The third-order valence-electron chi connectivity index (χ3n) is 5.45. The first-order chi connectivity index (χ1) is 15.5. The zero-order valence-corrected chi connectivity index (χ0v) is 19.9. The normalized spacial score (nSPS) is 14.9. The SMILES string of the molecule is Cc1ccc(OCn2cc(NC(=O)C(C)n3nc(C(F)(F)F)c(Br)c3C3CC3)cn2)c(C)c1. The van der Waals surface area contributed by atoms with Gasteiger partial charge in [0.25, 0.3) is 0 Å². The number of carbonyl (C=O) groups excluding carboxylic acids is 1. The quantitative estimate of drug-likeness (QED) is 0.436. The second-order valence-corrected chi connectivity index (χ2v) is 9.03. The Morgan fingerprint density at radius 1 is 1.33 bits per heavy atom. The zero-order valence-electron chi connectivity index (χ0n) is 18.3. The number of aromatic nitrogens is 4. The van der Waals surface area contributed by atoms with Gasteiger partial charge in [-0.3, -0.25) is 9.48 Å². The fraction of sp³-hybridized carbons (Fsp3) is 0.409. The monoisotopic (exact) mass is 525 g/mol. The number of anilines is 1. The highest BCUT2D eigenvalue weighted by atomic mass is 79.9. The Morgan fingerprint density at radius 2 is 2.06 bits per heavy atom. The highest BCUT2D eigenvalue weighted by Gasteiger charge is 2.43. The molecule has 4 rings (SSSR count). The van der Waals surface area contributed by atoms with Gasteiger partial charge in [0.1, 0.15) is 11.8 Å². The molecule has 2 aromatic heterocycles. The molecule has 0 saturated heterocycles. The minimum Gasteiger partial charge on any atom is -0.471 e. The number of halogens is 4. The lowest BCUT2D eigenvalue weighted by atomic mass is 10.1. The van der Waals surface area contributed by atoms with Gasteiger partial charge in [-0.15, -0.1) is 0 Å². The molecule has 1 saturated carbocycles. The van der Waals surface area contributed by atoms with Gasteiger partial charge in [0.05, 0.1) is 28.2 Å². The lowest BCUT2D eigenvalue weighted by Gasteiger charge is -2.15. The molecule has 1 atom stereocenters. The summed E-state index contributed by atoms with van der Waals surface area (Å²) < 4.78 is 48.4. The first kappa shape index (κ1) is 23.3. The Morgan fingerprint density at radius 3 is 2.70 bits per heavy atom. The third-order valence-corrected chi connectivity index (χ3v) is 6.23. The molecule has 0 spiro atoms. The van der Waals surface area contributed by atoms with Crippen LogP contribution in [-0.4, -0.2) is 25.5 Å². The molecule has 176 valence electrons. The second-order valence-electron chi connectivity index (χ2n) is 8.24. The minimum absolute atomic E-state index is 0.0386. The van der Waals surface area contributed by atoms with Crippen molar-refractivity contribution < 1.29 is 22.7 Å². The van der Waals surface area contributed by atoms with Crippen LogP contribution in [0.25, 0.3) is 0 Å². The molecule has 1 unspecified atom stereocenters. The van der Waals surface area contributed by atoms with Crippen molar-refractivity contribution in [3.8, 4) is 5.75 Å². The van der Waals surface area contributed by atoms with Crippen molar-refractivity contribution in [3.05, 3.63) is 57.6 Å². The number of rotatable bonds is 7. The maximum atomic E-state index is 13.4. The van der Waals surface area contributed by atoms with Gasteiger partial charge in [-0.2, -0.15) is 23.4 Å². The number of carbonyl (C=O) groups is 1. The Balaban J connectivity index is 1.44. The Bertz CT molecular complexity index is 1180. The molecular formula is C22H23BrF3N5O2. The molecule has 0 radical (unpaired) electrons. The van der Waals surface area contributed by atoms with Crippen molar-refractivity contribution in [2.24, 2.45) is 0 Å². The molecule has 3 aromatic rings. The van der Waals surface area contributed by atoms with E-state index in [1.807, 2.05) is 32.0 Å². The number of amides is 1. The van der Waals surface area contributed by atoms with Crippen LogP contribution in [0.3, 0.4) is 0 Å². The molecule has 1 fully saturated rings. The number of nitrogens with one attached hydrogen (secondary N) is 1. The molecule has 1 aliphatic rings. The summed E-state index contributed by atoms with van der Waals surface area (Å²) in [6.45, 7) is 5.61. The summed E-state index contributed by atoms with van der Waals surface area (Å²) in [5, 5.41) is 10.6. The van der Waals surface area contributed by atoms with Gasteiger partial charge in [-0.1, -0.05) is 17.7 Å². The molecule has 0 bridgehead atoms. The highest BCUT2D eigenvalue weighted by Crippen LogP contribution is 2.47. The fourth-order valence-electron chi connectivity index (χ4n) is 3.58. The molecule has 0 aliphatic heterocycles. The molecule has 1 aliphatic carbocycles. The van der Waals surface area contributed by atoms with Crippen LogP contribution >= 0.6 is 15.9 Å². The van der Waals surface area contributed by atoms with Gasteiger partial charge >= 0.3 is 6.18 Å². The van der Waals surface area contributed by atoms with Crippen molar-refractivity contribution in [2.75, 3.05) is 5.32 Å². The van der Waals surface area contributed by atoms with Crippen molar-refractivity contribution in [1.82, 2.24) is 19.6 Å². The number of nitrogens with zero attached hydrogens (tertiary/aromatic N) is 4. The summed E-state index contributed by atoms with van der Waals surface area (Å²) in [5.41, 5.74) is 1.93. The van der Waals surface area contributed by atoms with E-state index in [9.17, 15) is 18.0 Å². The lowest BCUT2D eigenvalue weighted by Crippen LogP contribution is -2.26. The van der Waals surface area contributed by atoms with Crippen molar-refractivity contribution >= 4 is 27.5 Å². The standard InChI is InChI=1S/C22H23BrF3N5O2/c1-12-4-7-17(13(2)8-12)33-11-30-10-16(9-27-30)28-21(32)14(3)31-19(15-5-6-15)18(23)20(29-31)22(24,25)26/h4,7-10,14-15H,5-6,11H2,1-3H3,(H,28,32). The molecule has 2 heterocycles. The number of hydrogen-bond acceptors (Lipinski definition) is 4. The van der Waals surface area contributed by atoms with Gasteiger partial charge < -0.3 is 10.1 Å². The highest BCUT2D eigenvalue weighted by molar-refractivity contribution is 9.10. The number of benzene rings is 1. The summed E-state index contributed by atoms with van der Waals surface area (Å²) in [7, 11) is 0. The first-order valence-corrected chi connectivity index (χ1v) is 11.2. The molecule has 33 heavy (non-hydrogen) atoms. The molecule has 1 amide bonds. The fourth-order valence-corrected chi connectivity index (χ4v) is 4.39. The molecular weight excluding hydrogens is 503 g/mol. The number of aryl methyl sites for hydroxylation is 2. The van der Waals surface area contributed by atoms with Crippen molar-refractivity contribution in [2.45, 2.75) is 58.5 Å². The number of alkyl halides is 3. The summed E-state index contributed by atoms with van der Waals surface area (Å²) in [6, 6.07) is 4.90. The van der Waals surface area contributed by atoms with Crippen LogP contribution in [0.2, 0.25) is 0 Å². The van der Waals surface area contributed by atoms with Crippen LogP contribution in [0.4, 0.5) is 18.9 Å².